The molecule has 48 heavy (non-hydrogen) atoms. The maximum absolute atomic E-state index is 2.52. The maximum Gasteiger partial charge on any atom is 0.0553 e. The zero-order valence-electron chi connectivity index (χ0n) is 27.8. The molecule has 0 radical (unpaired) electrons. The standard InChI is InChI=1S/C46H36N2/c1-27(2)33-23-35-31-19-11-13-21-39(31)48(30-17-9-6-10-18-30)42-26-38-34(28(3)4)24-36-32-20-12-14-22-40(32)47(29-15-7-5-8-16-29)41-25-37(33)45(43(35)42)46(38)44(36)41/h5-28H,1-4H3. The summed E-state index contributed by atoms with van der Waals surface area (Å²) in [6, 6.07) is 49.9. The molecule has 0 aliphatic rings. The van der Waals surface area contributed by atoms with Crippen molar-refractivity contribution in [3.63, 3.8) is 0 Å². The van der Waals surface area contributed by atoms with Crippen LogP contribution in [0, 0.1) is 0 Å². The Morgan fingerprint density at radius 2 is 0.708 bits per heavy atom. The molecule has 0 aliphatic carbocycles. The molecular formula is C46H36N2. The van der Waals surface area contributed by atoms with E-state index in [0.29, 0.717) is 11.8 Å². The van der Waals surface area contributed by atoms with Crippen LogP contribution in [0.15, 0.2) is 133 Å². The fraction of sp³-hybridized carbons (Fsp3) is 0.130. The van der Waals surface area contributed by atoms with Gasteiger partial charge in [-0.05, 0) is 105 Å². The van der Waals surface area contributed by atoms with Crippen LogP contribution in [0.3, 0.4) is 0 Å². The summed E-state index contributed by atoms with van der Waals surface area (Å²) < 4.78 is 5.01. The molecule has 0 aliphatic heterocycles. The minimum absolute atomic E-state index is 0.353. The summed E-state index contributed by atoms with van der Waals surface area (Å²) in [4.78, 5) is 0. The van der Waals surface area contributed by atoms with Gasteiger partial charge in [-0.25, -0.2) is 0 Å². The zero-order chi connectivity index (χ0) is 32.3. The number of para-hydroxylation sites is 4. The predicted molar refractivity (Wildman–Crippen MR) is 207 cm³/mol. The van der Waals surface area contributed by atoms with Gasteiger partial charge in [-0.2, -0.15) is 0 Å². The van der Waals surface area contributed by atoms with Gasteiger partial charge in [0.1, 0.15) is 0 Å². The van der Waals surface area contributed by atoms with Crippen LogP contribution in [0.25, 0.3) is 87.3 Å². The van der Waals surface area contributed by atoms with Gasteiger partial charge in [0, 0.05) is 43.7 Å². The van der Waals surface area contributed by atoms with Crippen molar-refractivity contribution in [3.05, 3.63) is 145 Å². The first-order valence-corrected chi connectivity index (χ1v) is 17.3. The van der Waals surface area contributed by atoms with E-state index in [9.17, 15) is 0 Å². The van der Waals surface area contributed by atoms with E-state index in [1.807, 2.05) is 0 Å². The molecule has 10 aromatic rings. The highest BCUT2D eigenvalue weighted by molar-refractivity contribution is 6.40. The second-order valence-electron chi connectivity index (χ2n) is 14.1. The normalized spacial score (nSPS) is 12.5. The van der Waals surface area contributed by atoms with Crippen molar-refractivity contribution in [2.75, 3.05) is 0 Å². The molecule has 0 N–H and O–H groups in total. The molecule has 0 saturated heterocycles. The third-order valence-electron chi connectivity index (χ3n) is 10.7. The lowest BCUT2D eigenvalue weighted by Crippen LogP contribution is -2.07. The second kappa shape index (κ2) is 9.95. The van der Waals surface area contributed by atoms with Gasteiger partial charge in [0.05, 0.1) is 22.1 Å². The largest absolute Gasteiger partial charge is 0.309 e. The Balaban J connectivity index is 1.58. The average molecular weight is 617 g/mol. The quantitative estimate of drug-likeness (QED) is 0.138. The Bertz CT molecular complexity index is 2670. The topological polar surface area (TPSA) is 9.86 Å². The third kappa shape index (κ3) is 3.58. The average Bonchev–Trinajstić information content (AvgIpc) is 3.12. The first-order chi connectivity index (χ1) is 23.5. The molecule has 2 heteroatoms. The van der Waals surface area contributed by atoms with E-state index in [0.717, 1.165) is 0 Å². The highest BCUT2D eigenvalue weighted by Gasteiger charge is 2.26. The van der Waals surface area contributed by atoms with Crippen LogP contribution in [-0.4, -0.2) is 9.13 Å². The summed E-state index contributed by atoms with van der Waals surface area (Å²) in [6.07, 6.45) is 0. The summed E-state index contributed by atoms with van der Waals surface area (Å²) in [5.41, 5.74) is 10.2. The minimum Gasteiger partial charge on any atom is -0.309 e. The molecule has 0 bridgehead atoms. The molecule has 8 aromatic carbocycles. The highest BCUT2D eigenvalue weighted by atomic mass is 15.0. The fourth-order valence-electron chi connectivity index (χ4n) is 8.71. The summed E-state index contributed by atoms with van der Waals surface area (Å²) >= 11 is 0. The number of hydrogen-bond donors (Lipinski definition) is 0. The molecule has 230 valence electrons. The molecule has 0 unspecified atom stereocenters. The molecule has 0 spiro atoms. The molecular weight excluding hydrogens is 581 g/mol. The Morgan fingerprint density at radius 1 is 0.333 bits per heavy atom. The number of benzene rings is 8. The number of hydrogen-bond acceptors (Lipinski definition) is 0. The van der Waals surface area contributed by atoms with Crippen LogP contribution in [-0.2, 0) is 0 Å². The number of rotatable bonds is 4. The van der Waals surface area contributed by atoms with E-state index in [4.69, 9.17) is 0 Å². The SMILES string of the molecule is CC(C)c1cc2c3ccccc3n(-c3ccccc3)c3cc4c(C(C)C)cc5c6ccccc6n(-c6ccccc6)c6cc1c(c4c56)c23. The number of fused-ring (bicyclic) bond motifs is 4. The lowest BCUT2D eigenvalue weighted by Gasteiger charge is -2.28. The van der Waals surface area contributed by atoms with Crippen molar-refractivity contribution in [1.29, 1.82) is 0 Å². The second-order valence-corrected chi connectivity index (χ2v) is 14.1. The molecule has 2 heterocycles. The molecule has 0 fully saturated rings. The molecule has 0 saturated carbocycles. The Morgan fingerprint density at radius 3 is 1.10 bits per heavy atom. The van der Waals surface area contributed by atoms with Gasteiger partial charge in [0.15, 0.2) is 0 Å². The van der Waals surface area contributed by atoms with E-state index in [1.165, 1.54) is 98.4 Å². The van der Waals surface area contributed by atoms with Crippen molar-refractivity contribution in [2.24, 2.45) is 0 Å². The first-order valence-electron chi connectivity index (χ1n) is 17.3. The van der Waals surface area contributed by atoms with E-state index >= 15 is 0 Å². The molecule has 2 aromatic heterocycles. The number of nitrogens with zero attached hydrogens (tertiary/aromatic N) is 2. The van der Waals surface area contributed by atoms with Gasteiger partial charge in [-0.3, -0.25) is 0 Å². The van der Waals surface area contributed by atoms with E-state index in [1.54, 1.807) is 0 Å². The molecule has 2 nitrogen and oxygen atoms in total. The van der Waals surface area contributed by atoms with E-state index in [-0.39, 0.29) is 0 Å². The van der Waals surface area contributed by atoms with Crippen LogP contribution < -0.4 is 0 Å². The van der Waals surface area contributed by atoms with Crippen LogP contribution in [0.2, 0.25) is 0 Å². The first kappa shape index (κ1) is 27.5. The maximum atomic E-state index is 2.52. The van der Waals surface area contributed by atoms with E-state index < -0.39 is 0 Å². The van der Waals surface area contributed by atoms with E-state index in [2.05, 4.69) is 170 Å². The van der Waals surface area contributed by atoms with Crippen LogP contribution in [0.4, 0.5) is 0 Å². The predicted octanol–water partition coefficient (Wildman–Crippen LogP) is 13.0. The van der Waals surface area contributed by atoms with Gasteiger partial charge >= 0.3 is 0 Å². The van der Waals surface area contributed by atoms with Gasteiger partial charge in [-0.15, -0.1) is 0 Å². The lowest BCUT2D eigenvalue weighted by atomic mass is 9.81. The van der Waals surface area contributed by atoms with Crippen LogP contribution in [0.1, 0.15) is 50.7 Å². The number of aromatic nitrogens is 2. The lowest BCUT2D eigenvalue weighted by molar-refractivity contribution is 0.877. The minimum atomic E-state index is 0.353. The van der Waals surface area contributed by atoms with Crippen LogP contribution >= 0.6 is 0 Å². The van der Waals surface area contributed by atoms with Gasteiger partial charge < -0.3 is 9.13 Å². The summed E-state index contributed by atoms with van der Waals surface area (Å²) in [5.74, 6) is 0.705. The van der Waals surface area contributed by atoms with Gasteiger partial charge in [-0.1, -0.05) is 100 Å². The van der Waals surface area contributed by atoms with Crippen molar-refractivity contribution in [1.82, 2.24) is 9.13 Å². The monoisotopic (exact) mass is 616 g/mol. The Kier molecular flexibility index (Phi) is 5.70. The van der Waals surface area contributed by atoms with Gasteiger partial charge in [0.25, 0.3) is 0 Å². The smallest absolute Gasteiger partial charge is 0.0553 e. The summed E-state index contributed by atoms with van der Waals surface area (Å²) in [6.45, 7) is 9.41. The number of pyridine rings is 2. The van der Waals surface area contributed by atoms with Crippen LogP contribution in [0.5, 0.6) is 0 Å². The van der Waals surface area contributed by atoms with Crippen molar-refractivity contribution in [2.45, 2.75) is 39.5 Å². The van der Waals surface area contributed by atoms with Gasteiger partial charge in [0.2, 0.25) is 0 Å². The van der Waals surface area contributed by atoms with Crippen molar-refractivity contribution < 1.29 is 0 Å². The molecule has 10 rings (SSSR count). The third-order valence-corrected chi connectivity index (χ3v) is 10.7. The van der Waals surface area contributed by atoms with Crippen molar-refractivity contribution in [3.8, 4) is 11.4 Å². The molecule has 0 atom stereocenters. The van der Waals surface area contributed by atoms with Crippen molar-refractivity contribution >= 4 is 75.9 Å². The zero-order valence-corrected chi connectivity index (χ0v) is 27.8. The summed E-state index contributed by atoms with van der Waals surface area (Å²) in [7, 11) is 0. The highest BCUT2D eigenvalue weighted by Crippen LogP contribution is 2.51. The Labute approximate surface area is 279 Å². The Hall–Kier alpha value is -5.60. The summed E-state index contributed by atoms with van der Waals surface area (Å²) in [5, 5.41) is 13.5. The fourth-order valence-corrected chi connectivity index (χ4v) is 8.71. The molecule has 0 amide bonds.